The predicted octanol–water partition coefficient (Wildman–Crippen LogP) is 3.22. The van der Waals surface area contributed by atoms with E-state index in [-0.39, 0.29) is 17.3 Å². The number of likely N-dealkylation sites (tertiary alicyclic amines) is 1. The highest BCUT2D eigenvalue weighted by molar-refractivity contribution is 5.83. The lowest BCUT2D eigenvalue weighted by Gasteiger charge is -2.33. The summed E-state index contributed by atoms with van der Waals surface area (Å²) in [6.45, 7) is 4.91. The summed E-state index contributed by atoms with van der Waals surface area (Å²) in [5.74, 6) is 0.737. The second kappa shape index (κ2) is 7.58. The van der Waals surface area contributed by atoms with Crippen LogP contribution < -0.4 is 5.56 Å². The second-order valence-corrected chi connectivity index (χ2v) is 7.55. The van der Waals surface area contributed by atoms with Crippen molar-refractivity contribution >= 4 is 16.8 Å². The molecule has 0 bridgehead atoms. The van der Waals surface area contributed by atoms with Crippen LogP contribution in [-0.4, -0.2) is 38.5 Å². The predicted molar refractivity (Wildman–Crippen MR) is 106 cm³/mol. The van der Waals surface area contributed by atoms with E-state index in [4.69, 9.17) is 4.52 Å². The molecule has 1 fully saturated rings. The first-order valence-electron chi connectivity index (χ1n) is 9.77. The van der Waals surface area contributed by atoms with E-state index in [2.05, 4.69) is 22.0 Å². The topological polar surface area (TPSA) is 92.1 Å². The fourth-order valence-corrected chi connectivity index (χ4v) is 3.78. The summed E-state index contributed by atoms with van der Waals surface area (Å²) in [6.07, 6.45) is 4.00. The molecule has 1 saturated heterocycles. The van der Waals surface area contributed by atoms with Gasteiger partial charge in [-0.1, -0.05) is 16.8 Å². The minimum absolute atomic E-state index is 0.117. The highest BCUT2D eigenvalue weighted by Crippen LogP contribution is 2.20. The number of aryl methyl sites for hydroxylation is 2. The van der Waals surface area contributed by atoms with E-state index >= 15 is 0 Å². The molecule has 1 atom stereocenters. The van der Waals surface area contributed by atoms with Crippen molar-refractivity contribution < 1.29 is 9.32 Å². The Bertz CT molecular complexity index is 1070. The van der Waals surface area contributed by atoms with E-state index < -0.39 is 0 Å². The van der Waals surface area contributed by atoms with Gasteiger partial charge in [-0.15, -0.1) is 0 Å². The number of rotatable bonds is 4. The lowest BCUT2D eigenvalue weighted by molar-refractivity contribution is -0.134. The Labute approximate surface area is 162 Å². The first-order chi connectivity index (χ1) is 13.5. The number of fused-ring (bicyclic) bond motifs is 1. The summed E-state index contributed by atoms with van der Waals surface area (Å²) in [7, 11) is 0. The van der Waals surface area contributed by atoms with Gasteiger partial charge in [-0.25, -0.2) is 0 Å². The smallest absolute Gasteiger partial charge is 0.259 e. The van der Waals surface area contributed by atoms with Gasteiger partial charge >= 0.3 is 0 Å². The van der Waals surface area contributed by atoms with Gasteiger partial charge in [-0.3, -0.25) is 9.59 Å². The quantitative estimate of drug-likeness (QED) is 0.750. The molecule has 28 heavy (non-hydrogen) atoms. The van der Waals surface area contributed by atoms with Gasteiger partial charge in [0.05, 0.1) is 5.56 Å². The van der Waals surface area contributed by atoms with E-state index in [0.29, 0.717) is 30.3 Å². The average Bonchev–Trinajstić information content (AvgIpc) is 3.15. The summed E-state index contributed by atoms with van der Waals surface area (Å²) >= 11 is 0. The summed E-state index contributed by atoms with van der Waals surface area (Å²) in [5.41, 5.74) is 1.97. The number of nitrogens with zero attached hydrogens (tertiary/aromatic N) is 3. The molecule has 7 nitrogen and oxygen atoms in total. The average molecular weight is 380 g/mol. The number of hydrogen-bond acceptors (Lipinski definition) is 5. The van der Waals surface area contributed by atoms with Crippen molar-refractivity contribution in [2.75, 3.05) is 6.54 Å². The number of amides is 1. The molecule has 3 aromatic rings. The second-order valence-electron chi connectivity index (χ2n) is 7.55. The summed E-state index contributed by atoms with van der Waals surface area (Å²) in [5, 5.41) is 4.86. The normalized spacial score (nSPS) is 17.2. The van der Waals surface area contributed by atoms with Crippen LogP contribution in [0.1, 0.15) is 44.1 Å². The Kier molecular flexibility index (Phi) is 4.98. The van der Waals surface area contributed by atoms with Crippen LogP contribution in [0.5, 0.6) is 0 Å². The zero-order valence-electron chi connectivity index (χ0n) is 16.2. The van der Waals surface area contributed by atoms with Gasteiger partial charge in [-0.2, -0.15) is 4.98 Å². The molecule has 7 heteroatoms. The number of H-pyrrole nitrogens is 1. The number of nitrogens with one attached hydrogen (secondary N) is 1. The van der Waals surface area contributed by atoms with Crippen molar-refractivity contribution in [3.8, 4) is 11.4 Å². The van der Waals surface area contributed by atoms with Crippen molar-refractivity contribution in [3.63, 3.8) is 0 Å². The lowest BCUT2D eigenvalue weighted by atomic mass is 10.0. The van der Waals surface area contributed by atoms with Crippen molar-refractivity contribution in [2.45, 2.75) is 52.0 Å². The molecular weight excluding hydrogens is 356 g/mol. The third-order valence-electron chi connectivity index (χ3n) is 5.38. The number of pyridine rings is 1. The van der Waals surface area contributed by atoms with Crippen molar-refractivity contribution in [1.29, 1.82) is 0 Å². The Hall–Kier alpha value is -2.96. The number of hydrogen-bond donors (Lipinski definition) is 1. The molecule has 3 heterocycles. The van der Waals surface area contributed by atoms with Crippen LogP contribution in [0, 0.1) is 6.92 Å². The van der Waals surface area contributed by atoms with Crippen molar-refractivity contribution in [1.82, 2.24) is 20.0 Å². The third-order valence-corrected chi connectivity index (χ3v) is 5.38. The minimum Gasteiger partial charge on any atom is -0.340 e. The standard InChI is InChI=1S/C21H24N4O3/c1-13-6-7-17-15(11-13)12-16(21(27)22-17)20-23-18(28-24-20)8-9-19(26)25-10-4-3-5-14(25)2/h6-7,11-12,14H,3-5,8-10H2,1-2H3,(H,22,27)/t14-/m1/s1. The molecule has 1 aliphatic rings. The number of carbonyl (C=O) groups is 1. The van der Waals surface area contributed by atoms with E-state index in [9.17, 15) is 9.59 Å². The first kappa shape index (κ1) is 18.4. The summed E-state index contributed by atoms with van der Waals surface area (Å²) < 4.78 is 5.29. The molecule has 2 aromatic heterocycles. The third kappa shape index (κ3) is 3.69. The monoisotopic (exact) mass is 380 g/mol. The molecule has 0 spiro atoms. The molecule has 1 aromatic carbocycles. The Morgan fingerprint density at radius 2 is 2.18 bits per heavy atom. The summed E-state index contributed by atoms with van der Waals surface area (Å²) in [4.78, 5) is 34.0. The number of carbonyl (C=O) groups excluding carboxylic acids is 1. The Morgan fingerprint density at radius 3 is 3.00 bits per heavy atom. The molecule has 1 amide bonds. The fourth-order valence-electron chi connectivity index (χ4n) is 3.78. The molecule has 4 rings (SSSR count). The highest BCUT2D eigenvalue weighted by Gasteiger charge is 2.23. The van der Waals surface area contributed by atoms with Crippen LogP contribution in [0.3, 0.4) is 0 Å². The molecule has 1 N–H and O–H groups in total. The van der Waals surface area contributed by atoms with Gasteiger partial charge in [0.25, 0.3) is 5.56 Å². The molecule has 0 aliphatic carbocycles. The number of aromatic nitrogens is 3. The summed E-state index contributed by atoms with van der Waals surface area (Å²) in [6, 6.07) is 7.89. The van der Waals surface area contributed by atoms with Crippen LogP contribution in [0.25, 0.3) is 22.3 Å². The minimum atomic E-state index is -0.262. The SMILES string of the molecule is Cc1ccc2[nH]c(=O)c(-c3noc(CCC(=O)N4CCCC[C@H]4C)n3)cc2c1. The van der Waals surface area contributed by atoms with E-state index in [1.54, 1.807) is 6.07 Å². The number of aromatic amines is 1. The van der Waals surface area contributed by atoms with Gasteiger partial charge in [0.15, 0.2) is 0 Å². The van der Waals surface area contributed by atoms with Gasteiger partial charge in [0.1, 0.15) is 0 Å². The van der Waals surface area contributed by atoms with Gasteiger partial charge in [-0.05, 0) is 56.7 Å². The number of piperidine rings is 1. The van der Waals surface area contributed by atoms with Crippen LogP contribution in [0.2, 0.25) is 0 Å². The maximum Gasteiger partial charge on any atom is 0.259 e. The van der Waals surface area contributed by atoms with Crippen LogP contribution in [0.15, 0.2) is 33.6 Å². The lowest BCUT2D eigenvalue weighted by Crippen LogP contribution is -2.42. The number of benzene rings is 1. The van der Waals surface area contributed by atoms with Crippen LogP contribution >= 0.6 is 0 Å². The van der Waals surface area contributed by atoms with E-state index in [1.807, 2.05) is 30.0 Å². The van der Waals surface area contributed by atoms with E-state index in [1.165, 1.54) is 6.42 Å². The van der Waals surface area contributed by atoms with Crippen LogP contribution in [-0.2, 0) is 11.2 Å². The first-order valence-corrected chi connectivity index (χ1v) is 9.77. The highest BCUT2D eigenvalue weighted by atomic mass is 16.5. The molecule has 1 aliphatic heterocycles. The zero-order chi connectivity index (χ0) is 19.7. The maximum absolute atomic E-state index is 12.5. The molecule has 146 valence electrons. The molecule has 0 saturated carbocycles. The van der Waals surface area contributed by atoms with Gasteiger partial charge < -0.3 is 14.4 Å². The van der Waals surface area contributed by atoms with E-state index in [0.717, 1.165) is 35.9 Å². The maximum atomic E-state index is 12.5. The van der Waals surface area contributed by atoms with Crippen molar-refractivity contribution in [2.24, 2.45) is 0 Å². The largest absolute Gasteiger partial charge is 0.340 e. The van der Waals surface area contributed by atoms with Gasteiger partial charge in [0.2, 0.25) is 17.6 Å². The Morgan fingerprint density at radius 1 is 1.32 bits per heavy atom. The van der Waals surface area contributed by atoms with Crippen LogP contribution in [0.4, 0.5) is 0 Å². The Balaban J connectivity index is 1.50. The molecule has 0 radical (unpaired) electrons. The molecule has 0 unspecified atom stereocenters. The van der Waals surface area contributed by atoms with Gasteiger partial charge in [0, 0.05) is 30.9 Å². The zero-order valence-corrected chi connectivity index (χ0v) is 16.2. The van der Waals surface area contributed by atoms with Crippen molar-refractivity contribution in [3.05, 3.63) is 46.1 Å². The molecular formula is C21H24N4O3. The fraction of sp³-hybridized carbons (Fsp3) is 0.429.